The first-order valence-corrected chi connectivity index (χ1v) is 10.1. The summed E-state index contributed by atoms with van der Waals surface area (Å²) in [6, 6.07) is 27.2. The molecular weight excluding hydrogens is 374 g/mol. The molecule has 0 radical (unpaired) electrons. The summed E-state index contributed by atoms with van der Waals surface area (Å²) in [5, 5.41) is 5.54. The summed E-state index contributed by atoms with van der Waals surface area (Å²) in [5.74, 6) is 0.220. The van der Waals surface area contributed by atoms with Crippen LogP contribution in [-0.4, -0.2) is 11.9 Å². The van der Waals surface area contributed by atoms with E-state index in [2.05, 4.69) is 34.9 Å². The van der Waals surface area contributed by atoms with Gasteiger partial charge in [-0.3, -0.25) is 4.79 Å². The lowest BCUT2D eigenvalue weighted by Gasteiger charge is -2.17. The molecule has 0 aliphatic heterocycles. The van der Waals surface area contributed by atoms with Crippen LogP contribution in [0.4, 0.5) is 10.5 Å². The molecule has 30 heavy (non-hydrogen) atoms. The van der Waals surface area contributed by atoms with Crippen LogP contribution in [0.5, 0.6) is 0 Å². The summed E-state index contributed by atoms with van der Waals surface area (Å²) in [6.45, 7) is 0.399. The number of hydrogen-bond acceptors (Lipinski definition) is 2. The molecule has 5 heteroatoms. The second kappa shape index (κ2) is 10.8. The largest absolute Gasteiger partial charge is 0.352 e. The molecule has 5 nitrogen and oxygen atoms in total. The Kier molecular flexibility index (Phi) is 7.61. The Bertz CT molecular complexity index is 917. The fraction of sp³-hybridized carbons (Fsp3) is 0.200. The minimum Gasteiger partial charge on any atom is -0.352 e. The molecule has 0 aliphatic rings. The topological polar surface area (TPSA) is 84.2 Å². The SMILES string of the molecule is NC(=O)Nc1cccc(CNC(=O)CC(Cc2ccccc2)Cc2ccccc2)c1. The molecule has 0 bridgehead atoms. The number of amides is 3. The van der Waals surface area contributed by atoms with Gasteiger partial charge in [0.1, 0.15) is 0 Å². The fourth-order valence-electron chi connectivity index (χ4n) is 3.55. The third-order valence-corrected chi connectivity index (χ3v) is 4.89. The van der Waals surface area contributed by atoms with Crippen molar-refractivity contribution in [3.05, 3.63) is 102 Å². The number of nitrogens with two attached hydrogens (primary N) is 1. The van der Waals surface area contributed by atoms with E-state index in [1.807, 2.05) is 48.5 Å². The molecule has 3 aromatic carbocycles. The third-order valence-electron chi connectivity index (χ3n) is 4.89. The van der Waals surface area contributed by atoms with Gasteiger partial charge in [-0.05, 0) is 47.6 Å². The minimum absolute atomic E-state index is 0.0140. The molecule has 0 saturated heterocycles. The summed E-state index contributed by atoms with van der Waals surface area (Å²) in [7, 11) is 0. The van der Waals surface area contributed by atoms with Gasteiger partial charge in [-0.15, -0.1) is 0 Å². The lowest BCUT2D eigenvalue weighted by atomic mass is 9.89. The summed E-state index contributed by atoms with van der Waals surface area (Å²) in [6.07, 6.45) is 2.14. The Morgan fingerprint density at radius 2 is 1.33 bits per heavy atom. The van der Waals surface area contributed by atoms with Gasteiger partial charge in [-0.1, -0.05) is 72.8 Å². The lowest BCUT2D eigenvalue weighted by Crippen LogP contribution is -2.26. The molecule has 3 rings (SSSR count). The highest BCUT2D eigenvalue weighted by molar-refractivity contribution is 5.87. The van der Waals surface area contributed by atoms with Gasteiger partial charge in [0, 0.05) is 18.7 Å². The zero-order valence-corrected chi connectivity index (χ0v) is 16.9. The van der Waals surface area contributed by atoms with E-state index in [0.29, 0.717) is 18.7 Å². The monoisotopic (exact) mass is 401 g/mol. The van der Waals surface area contributed by atoms with Gasteiger partial charge in [0.25, 0.3) is 0 Å². The van der Waals surface area contributed by atoms with Gasteiger partial charge >= 0.3 is 6.03 Å². The zero-order chi connectivity index (χ0) is 21.2. The first-order valence-electron chi connectivity index (χ1n) is 10.1. The van der Waals surface area contributed by atoms with Crippen molar-refractivity contribution < 1.29 is 9.59 Å². The number of carbonyl (C=O) groups excluding carboxylic acids is 2. The molecule has 4 N–H and O–H groups in total. The average molecular weight is 402 g/mol. The van der Waals surface area contributed by atoms with Crippen molar-refractivity contribution in [3.8, 4) is 0 Å². The van der Waals surface area contributed by atoms with E-state index in [9.17, 15) is 9.59 Å². The maximum absolute atomic E-state index is 12.7. The van der Waals surface area contributed by atoms with E-state index < -0.39 is 6.03 Å². The van der Waals surface area contributed by atoms with Crippen LogP contribution in [0.3, 0.4) is 0 Å². The average Bonchev–Trinajstić information content (AvgIpc) is 2.73. The Morgan fingerprint density at radius 3 is 1.90 bits per heavy atom. The molecule has 3 aromatic rings. The van der Waals surface area contributed by atoms with Gasteiger partial charge in [-0.2, -0.15) is 0 Å². The fourth-order valence-corrected chi connectivity index (χ4v) is 3.55. The van der Waals surface area contributed by atoms with Crippen LogP contribution in [0.15, 0.2) is 84.9 Å². The number of primary amides is 1. The molecular formula is C25H27N3O2. The Balaban J connectivity index is 1.60. The van der Waals surface area contributed by atoms with Crippen LogP contribution in [0.1, 0.15) is 23.1 Å². The van der Waals surface area contributed by atoms with Crippen LogP contribution < -0.4 is 16.4 Å². The molecule has 0 unspecified atom stereocenters. The zero-order valence-electron chi connectivity index (χ0n) is 16.9. The molecule has 0 fully saturated rings. The van der Waals surface area contributed by atoms with E-state index in [1.54, 1.807) is 12.1 Å². The second-order valence-corrected chi connectivity index (χ2v) is 7.42. The number of anilines is 1. The standard InChI is InChI=1S/C25H27N3O2/c26-25(30)28-23-13-7-12-21(16-23)18-27-24(29)17-22(14-19-8-3-1-4-9-19)15-20-10-5-2-6-11-20/h1-13,16,22H,14-15,17-18H2,(H,27,29)(H3,26,28,30). The molecule has 0 atom stereocenters. The third kappa shape index (κ3) is 7.09. The van der Waals surface area contributed by atoms with E-state index in [4.69, 9.17) is 5.73 Å². The molecule has 0 aromatic heterocycles. The van der Waals surface area contributed by atoms with Crippen molar-refractivity contribution in [3.63, 3.8) is 0 Å². The number of carbonyl (C=O) groups is 2. The predicted octanol–water partition coefficient (Wildman–Crippen LogP) is 4.29. The highest BCUT2D eigenvalue weighted by Crippen LogP contribution is 2.18. The summed E-state index contributed by atoms with van der Waals surface area (Å²) in [4.78, 5) is 23.7. The minimum atomic E-state index is -0.610. The number of benzene rings is 3. The smallest absolute Gasteiger partial charge is 0.316 e. The number of urea groups is 1. The first kappa shape index (κ1) is 21.1. The molecule has 154 valence electrons. The molecule has 0 spiro atoms. The number of rotatable bonds is 9. The van der Waals surface area contributed by atoms with Crippen LogP contribution in [0, 0.1) is 5.92 Å². The van der Waals surface area contributed by atoms with Crippen molar-refractivity contribution in [1.82, 2.24) is 5.32 Å². The Labute approximate surface area is 177 Å². The van der Waals surface area contributed by atoms with E-state index in [0.717, 1.165) is 18.4 Å². The van der Waals surface area contributed by atoms with Crippen LogP contribution in [0.2, 0.25) is 0 Å². The lowest BCUT2D eigenvalue weighted by molar-refractivity contribution is -0.122. The van der Waals surface area contributed by atoms with E-state index in [1.165, 1.54) is 11.1 Å². The molecule has 0 aliphatic carbocycles. The van der Waals surface area contributed by atoms with Gasteiger partial charge < -0.3 is 16.4 Å². The van der Waals surface area contributed by atoms with Crippen molar-refractivity contribution in [2.45, 2.75) is 25.8 Å². The quantitative estimate of drug-likeness (QED) is 0.500. The number of hydrogen-bond donors (Lipinski definition) is 3. The summed E-state index contributed by atoms with van der Waals surface area (Å²) < 4.78 is 0. The van der Waals surface area contributed by atoms with E-state index in [-0.39, 0.29) is 11.8 Å². The highest BCUT2D eigenvalue weighted by Gasteiger charge is 2.15. The molecule has 0 heterocycles. The first-order chi connectivity index (χ1) is 14.6. The number of nitrogens with one attached hydrogen (secondary N) is 2. The molecule has 3 amide bonds. The summed E-state index contributed by atoms with van der Waals surface area (Å²) >= 11 is 0. The Morgan fingerprint density at radius 1 is 0.767 bits per heavy atom. The van der Waals surface area contributed by atoms with Crippen LogP contribution in [0.25, 0.3) is 0 Å². The van der Waals surface area contributed by atoms with Crippen molar-refractivity contribution in [2.24, 2.45) is 11.7 Å². The maximum Gasteiger partial charge on any atom is 0.316 e. The van der Waals surface area contributed by atoms with Gasteiger partial charge in [0.05, 0.1) is 0 Å². The normalized spacial score (nSPS) is 10.6. The predicted molar refractivity (Wildman–Crippen MR) is 120 cm³/mol. The van der Waals surface area contributed by atoms with Crippen LogP contribution in [-0.2, 0) is 24.2 Å². The summed E-state index contributed by atoms with van der Waals surface area (Å²) in [5.41, 5.74) is 9.14. The van der Waals surface area contributed by atoms with Gasteiger partial charge in [0.15, 0.2) is 0 Å². The van der Waals surface area contributed by atoms with Crippen molar-refractivity contribution in [1.29, 1.82) is 0 Å². The van der Waals surface area contributed by atoms with E-state index >= 15 is 0 Å². The second-order valence-electron chi connectivity index (χ2n) is 7.42. The molecule has 0 saturated carbocycles. The van der Waals surface area contributed by atoms with Gasteiger partial charge in [-0.25, -0.2) is 4.79 Å². The Hall–Kier alpha value is -3.60. The van der Waals surface area contributed by atoms with Crippen molar-refractivity contribution >= 4 is 17.6 Å². The van der Waals surface area contributed by atoms with Crippen molar-refractivity contribution in [2.75, 3.05) is 5.32 Å². The maximum atomic E-state index is 12.7. The van der Waals surface area contributed by atoms with Crippen LogP contribution >= 0.6 is 0 Å². The highest BCUT2D eigenvalue weighted by atomic mass is 16.2. The van der Waals surface area contributed by atoms with Gasteiger partial charge in [0.2, 0.25) is 5.91 Å².